The molecule has 1 aromatic carbocycles. The van der Waals surface area contributed by atoms with E-state index in [0.717, 1.165) is 32.1 Å². The summed E-state index contributed by atoms with van der Waals surface area (Å²) in [5.41, 5.74) is 5.66. The molecule has 0 saturated carbocycles. The monoisotopic (exact) mass is 259 g/mol. The highest BCUT2D eigenvalue weighted by Gasteiger charge is 2.24. The molecule has 19 heavy (non-hydrogen) atoms. The molecule has 0 heterocycles. The first-order valence-corrected chi connectivity index (χ1v) is 7.41. The Labute approximate surface area is 116 Å². The highest BCUT2D eigenvalue weighted by molar-refractivity contribution is 5.43. The third-order valence-electron chi connectivity index (χ3n) is 3.94. The first-order chi connectivity index (χ1) is 8.94. The molecule has 1 atom stereocenters. The summed E-state index contributed by atoms with van der Waals surface area (Å²) in [5.74, 6) is 0. The number of hydrogen-bond donors (Lipinski definition) is 0. The summed E-state index contributed by atoms with van der Waals surface area (Å²) < 4.78 is 0. The van der Waals surface area contributed by atoms with Crippen LogP contribution in [0.1, 0.15) is 68.8 Å². The molecule has 1 aliphatic rings. The molecule has 1 aromatic rings. The fourth-order valence-corrected chi connectivity index (χ4v) is 3.19. The van der Waals surface area contributed by atoms with Crippen molar-refractivity contribution >= 4 is 0 Å². The molecule has 0 fully saturated rings. The minimum atomic E-state index is -0.117. The van der Waals surface area contributed by atoms with Crippen LogP contribution in [0.25, 0.3) is 0 Å². The quantitative estimate of drug-likeness (QED) is 0.704. The Morgan fingerprint density at radius 3 is 2.63 bits per heavy atom. The van der Waals surface area contributed by atoms with E-state index in [9.17, 15) is 4.91 Å². The standard InChI is InChI=1S/C17H25NO/c1-5-13-9-12(11-17(2,3)4)10-15-14(13)7-6-8-16(15)18-19/h9-10,16H,5-8,11H2,1-4H3. The second-order valence-corrected chi connectivity index (χ2v) is 6.93. The number of benzene rings is 1. The van der Waals surface area contributed by atoms with Crippen LogP contribution in [0.15, 0.2) is 17.3 Å². The van der Waals surface area contributed by atoms with E-state index in [-0.39, 0.29) is 11.5 Å². The summed E-state index contributed by atoms with van der Waals surface area (Å²) in [6.07, 6.45) is 5.22. The van der Waals surface area contributed by atoms with E-state index < -0.39 is 0 Å². The lowest BCUT2D eigenvalue weighted by molar-refractivity contribution is 0.410. The number of aryl methyl sites for hydroxylation is 1. The molecule has 2 nitrogen and oxygen atoms in total. The zero-order chi connectivity index (χ0) is 14.0. The Bertz CT molecular complexity index is 471. The van der Waals surface area contributed by atoms with Gasteiger partial charge in [0.25, 0.3) is 0 Å². The van der Waals surface area contributed by atoms with Gasteiger partial charge >= 0.3 is 0 Å². The van der Waals surface area contributed by atoms with Gasteiger partial charge in [-0.1, -0.05) is 45.0 Å². The average molecular weight is 259 g/mol. The average Bonchev–Trinajstić information content (AvgIpc) is 2.35. The fraction of sp³-hybridized carbons (Fsp3) is 0.647. The first-order valence-electron chi connectivity index (χ1n) is 7.41. The third kappa shape index (κ3) is 3.23. The SMILES string of the molecule is CCc1cc(CC(C)(C)C)cc2c1CCCC2N=O. The molecule has 0 spiro atoms. The van der Waals surface area contributed by atoms with Crippen molar-refractivity contribution in [1.29, 1.82) is 0 Å². The number of nitroso groups, excluding NO2 is 1. The molecule has 0 saturated heterocycles. The second kappa shape index (κ2) is 5.44. The van der Waals surface area contributed by atoms with Crippen LogP contribution >= 0.6 is 0 Å². The molecular weight excluding hydrogens is 234 g/mol. The summed E-state index contributed by atoms with van der Waals surface area (Å²) in [5, 5.41) is 3.35. The summed E-state index contributed by atoms with van der Waals surface area (Å²) in [6.45, 7) is 8.98. The Morgan fingerprint density at radius 1 is 1.32 bits per heavy atom. The highest BCUT2D eigenvalue weighted by atomic mass is 16.3. The highest BCUT2D eigenvalue weighted by Crippen LogP contribution is 2.36. The van der Waals surface area contributed by atoms with Crippen molar-refractivity contribution in [3.63, 3.8) is 0 Å². The van der Waals surface area contributed by atoms with E-state index >= 15 is 0 Å². The molecule has 1 aliphatic carbocycles. The molecule has 0 N–H and O–H groups in total. The van der Waals surface area contributed by atoms with E-state index in [4.69, 9.17) is 0 Å². The molecule has 104 valence electrons. The van der Waals surface area contributed by atoms with Crippen LogP contribution in [0, 0.1) is 10.3 Å². The zero-order valence-electron chi connectivity index (χ0n) is 12.6. The zero-order valence-corrected chi connectivity index (χ0v) is 12.6. The van der Waals surface area contributed by atoms with Gasteiger partial charge < -0.3 is 0 Å². The molecule has 2 rings (SSSR count). The molecule has 0 bridgehead atoms. The lowest BCUT2D eigenvalue weighted by Crippen LogP contribution is -2.14. The summed E-state index contributed by atoms with van der Waals surface area (Å²) in [6, 6.07) is 4.47. The van der Waals surface area contributed by atoms with E-state index in [1.165, 1.54) is 22.3 Å². The van der Waals surface area contributed by atoms with Crippen molar-refractivity contribution in [2.24, 2.45) is 10.6 Å². The minimum Gasteiger partial charge on any atom is -0.150 e. The first kappa shape index (κ1) is 14.2. The Balaban J connectivity index is 2.46. The largest absolute Gasteiger partial charge is 0.150 e. The minimum absolute atomic E-state index is 0.117. The summed E-state index contributed by atoms with van der Waals surface area (Å²) in [4.78, 5) is 11.1. The Hall–Kier alpha value is -1.18. The maximum Gasteiger partial charge on any atom is 0.117 e. The van der Waals surface area contributed by atoms with Gasteiger partial charge in [0.05, 0.1) is 0 Å². The lowest BCUT2D eigenvalue weighted by Gasteiger charge is -2.26. The normalized spacial score (nSPS) is 19.1. The predicted molar refractivity (Wildman–Crippen MR) is 80.5 cm³/mol. The number of hydrogen-bond acceptors (Lipinski definition) is 2. The topological polar surface area (TPSA) is 29.4 Å². The predicted octanol–water partition coefficient (Wildman–Crippen LogP) is 4.98. The molecular formula is C17H25NO. The fourth-order valence-electron chi connectivity index (χ4n) is 3.19. The number of nitrogens with zero attached hydrogens (tertiary/aromatic N) is 1. The van der Waals surface area contributed by atoms with Gasteiger partial charge in [0.2, 0.25) is 0 Å². The van der Waals surface area contributed by atoms with E-state index in [1.54, 1.807) is 0 Å². The summed E-state index contributed by atoms with van der Waals surface area (Å²) in [7, 11) is 0. The second-order valence-electron chi connectivity index (χ2n) is 6.93. The maximum atomic E-state index is 11.1. The van der Waals surface area contributed by atoms with Gasteiger partial charge in [-0.05, 0) is 59.8 Å². The lowest BCUT2D eigenvalue weighted by atomic mass is 9.80. The van der Waals surface area contributed by atoms with Crippen molar-refractivity contribution in [3.05, 3.63) is 39.3 Å². The molecule has 0 amide bonds. The molecule has 2 heteroatoms. The van der Waals surface area contributed by atoms with Gasteiger partial charge in [0, 0.05) is 0 Å². The Morgan fingerprint density at radius 2 is 2.05 bits per heavy atom. The van der Waals surface area contributed by atoms with Crippen molar-refractivity contribution < 1.29 is 0 Å². The molecule has 1 unspecified atom stereocenters. The Kier molecular flexibility index (Phi) is 4.07. The number of rotatable bonds is 3. The van der Waals surface area contributed by atoms with Gasteiger partial charge in [-0.2, -0.15) is 4.91 Å². The van der Waals surface area contributed by atoms with Crippen molar-refractivity contribution in [3.8, 4) is 0 Å². The van der Waals surface area contributed by atoms with Crippen molar-refractivity contribution in [1.82, 2.24) is 0 Å². The van der Waals surface area contributed by atoms with E-state index in [0.29, 0.717) is 0 Å². The smallest absolute Gasteiger partial charge is 0.117 e. The van der Waals surface area contributed by atoms with Gasteiger partial charge in [0.1, 0.15) is 6.04 Å². The van der Waals surface area contributed by atoms with Crippen LogP contribution < -0.4 is 0 Å². The molecule has 0 radical (unpaired) electrons. The third-order valence-corrected chi connectivity index (χ3v) is 3.94. The molecule has 0 aliphatic heterocycles. The summed E-state index contributed by atoms with van der Waals surface area (Å²) >= 11 is 0. The van der Waals surface area contributed by atoms with Gasteiger partial charge in [-0.3, -0.25) is 0 Å². The van der Waals surface area contributed by atoms with Crippen LogP contribution in [0.4, 0.5) is 0 Å². The van der Waals surface area contributed by atoms with E-state index in [2.05, 4.69) is 45.0 Å². The maximum absolute atomic E-state index is 11.1. The van der Waals surface area contributed by atoms with Gasteiger partial charge in [0.15, 0.2) is 0 Å². The van der Waals surface area contributed by atoms with Crippen LogP contribution in [0.2, 0.25) is 0 Å². The van der Waals surface area contributed by atoms with Crippen molar-refractivity contribution in [2.75, 3.05) is 0 Å². The van der Waals surface area contributed by atoms with Crippen LogP contribution in [0.3, 0.4) is 0 Å². The van der Waals surface area contributed by atoms with Crippen LogP contribution in [0.5, 0.6) is 0 Å². The van der Waals surface area contributed by atoms with Gasteiger partial charge in [-0.25, -0.2) is 0 Å². The van der Waals surface area contributed by atoms with Crippen LogP contribution in [-0.4, -0.2) is 0 Å². The number of fused-ring (bicyclic) bond motifs is 1. The van der Waals surface area contributed by atoms with Gasteiger partial charge in [-0.15, -0.1) is 0 Å². The van der Waals surface area contributed by atoms with Crippen LogP contribution in [-0.2, 0) is 19.3 Å². The molecule has 0 aromatic heterocycles. The van der Waals surface area contributed by atoms with E-state index in [1.807, 2.05) is 0 Å². The van der Waals surface area contributed by atoms with Crippen molar-refractivity contribution in [2.45, 2.75) is 65.8 Å².